The van der Waals surface area contributed by atoms with Crippen LogP contribution in [0.3, 0.4) is 0 Å². The smallest absolute Gasteiger partial charge is 0.354 e. The lowest BCUT2D eigenvalue weighted by Crippen LogP contribution is -2.48. The molecule has 128 valence electrons. The number of nitrogens with zero attached hydrogens (tertiary/aromatic N) is 2. The monoisotopic (exact) mass is 337 g/mol. The Bertz CT molecular complexity index is 582. The summed E-state index contributed by atoms with van der Waals surface area (Å²) >= 11 is 0. The van der Waals surface area contributed by atoms with E-state index in [1.807, 2.05) is 0 Å². The molecule has 0 radical (unpaired) electrons. The Kier molecular flexibility index (Phi) is 4.76. The Morgan fingerprint density at radius 1 is 1.39 bits per heavy atom. The number of rotatable bonds is 3. The van der Waals surface area contributed by atoms with Crippen LogP contribution < -0.4 is 10.2 Å². The lowest BCUT2D eigenvalue weighted by molar-refractivity contribution is -0.138. The van der Waals surface area contributed by atoms with Crippen LogP contribution in [0.25, 0.3) is 0 Å². The third kappa shape index (κ3) is 4.29. The maximum absolute atomic E-state index is 14.4. The van der Waals surface area contributed by atoms with Gasteiger partial charge in [-0.25, -0.2) is 13.8 Å². The molecule has 4 nitrogen and oxygen atoms in total. The highest BCUT2D eigenvalue weighted by molar-refractivity contribution is 5.72. The van der Waals surface area contributed by atoms with E-state index in [4.69, 9.17) is 0 Å². The molecule has 0 saturated carbocycles. The van der Waals surface area contributed by atoms with Gasteiger partial charge in [0.05, 0.1) is 12.1 Å². The summed E-state index contributed by atoms with van der Waals surface area (Å²) < 4.78 is 65.8. The molecule has 1 N–H and O–H groups in total. The van der Waals surface area contributed by atoms with Gasteiger partial charge in [0.1, 0.15) is 5.67 Å². The van der Waals surface area contributed by atoms with Crippen molar-refractivity contribution in [1.82, 2.24) is 10.3 Å². The highest BCUT2D eigenvalue weighted by Crippen LogP contribution is 2.33. The van der Waals surface area contributed by atoms with Crippen LogP contribution in [-0.4, -0.2) is 36.2 Å². The molecule has 1 saturated heterocycles. The van der Waals surface area contributed by atoms with Crippen molar-refractivity contribution >= 4 is 11.7 Å². The van der Waals surface area contributed by atoms with E-state index in [1.54, 1.807) is 0 Å². The predicted molar refractivity (Wildman–Crippen MR) is 73.2 cm³/mol. The van der Waals surface area contributed by atoms with Crippen molar-refractivity contribution in [2.75, 3.05) is 24.5 Å². The molecule has 2 heterocycles. The first-order chi connectivity index (χ1) is 10.6. The Labute approximate surface area is 129 Å². The molecule has 9 heteroatoms. The second kappa shape index (κ2) is 6.29. The number of pyridine rings is 1. The van der Waals surface area contributed by atoms with Crippen molar-refractivity contribution in [3.63, 3.8) is 0 Å². The average molecular weight is 337 g/mol. The molecule has 0 spiro atoms. The molecule has 1 aliphatic heterocycles. The topological polar surface area (TPSA) is 45.2 Å². The minimum Gasteiger partial charge on any atom is -0.354 e. The molecule has 0 atom stereocenters. The number of anilines is 1. The van der Waals surface area contributed by atoms with Gasteiger partial charge in [0.15, 0.2) is 11.6 Å². The maximum Gasteiger partial charge on any atom is 0.417 e. The Morgan fingerprint density at radius 3 is 2.48 bits per heavy atom. The summed E-state index contributed by atoms with van der Waals surface area (Å²) in [6.07, 6.45) is -4.06. The molecule has 1 aromatic heterocycles. The number of nitrogens with one attached hydrogen (secondary N) is 1. The standard InChI is InChI=1S/C14H16F5N3O/c1-9(23)21-8-13(16)2-4-22(5-3-13)12-11(15)6-10(7-20-12)14(17,18)19/h6-7H,2-5,8H2,1H3,(H,21,23). The molecular formula is C14H16F5N3O. The third-order valence-electron chi connectivity index (χ3n) is 3.76. The first kappa shape index (κ1) is 17.4. The van der Waals surface area contributed by atoms with Crippen LogP contribution in [0.2, 0.25) is 0 Å². The van der Waals surface area contributed by atoms with Crippen molar-refractivity contribution in [3.8, 4) is 0 Å². The first-order valence-corrected chi connectivity index (χ1v) is 7.02. The van der Waals surface area contributed by atoms with Crippen molar-refractivity contribution in [2.24, 2.45) is 0 Å². The molecule has 1 amide bonds. The highest BCUT2D eigenvalue weighted by Gasteiger charge is 2.37. The van der Waals surface area contributed by atoms with E-state index < -0.39 is 23.2 Å². The SMILES string of the molecule is CC(=O)NCC1(F)CCN(c2ncc(C(F)(F)F)cc2F)CC1. The third-order valence-corrected chi connectivity index (χ3v) is 3.76. The molecule has 1 aliphatic rings. The molecule has 0 bridgehead atoms. The van der Waals surface area contributed by atoms with Gasteiger partial charge < -0.3 is 10.2 Å². The van der Waals surface area contributed by atoms with Gasteiger partial charge in [0.2, 0.25) is 5.91 Å². The fourth-order valence-electron chi connectivity index (χ4n) is 2.40. The minimum absolute atomic E-state index is 0.0232. The summed E-state index contributed by atoms with van der Waals surface area (Å²) in [5.74, 6) is -1.66. The summed E-state index contributed by atoms with van der Waals surface area (Å²) in [6.45, 7) is 1.34. The Hall–Kier alpha value is -1.93. The van der Waals surface area contributed by atoms with Crippen molar-refractivity contribution < 1.29 is 26.7 Å². The van der Waals surface area contributed by atoms with E-state index in [9.17, 15) is 26.7 Å². The normalized spacial score (nSPS) is 17.9. The average Bonchev–Trinajstić information content (AvgIpc) is 2.45. The number of piperidine rings is 1. The van der Waals surface area contributed by atoms with Gasteiger partial charge in [0.25, 0.3) is 0 Å². The van der Waals surface area contributed by atoms with Crippen LogP contribution in [0.4, 0.5) is 27.8 Å². The zero-order valence-corrected chi connectivity index (χ0v) is 12.4. The number of hydrogen-bond donors (Lipinski definition) is 1. The minimum atomic E-state index is -4.67. The van der Waals surface area contributed by atoms with Crippen LogP contribution in [0.15, 0.2) is 12.3 Å². The van der Waals surface area contributed by atoms with E-state index in [-0.39, 0.29) is 44.2 Å². The lowest BCUT2D eigenvalue weighted by Gasteiger charge is -2.37. The van der Waals surface area contributed by atoms with Crippen LogP contribution in [0, 0.1) is 5.82 Å². The molecule has 1 fully saturated rings. The van der Waals surface area contributed by atoms with Gasteiger partial charge in [-0.2, -0.15) is 13.2 Å². The quantitative estimate of drug-likeness (QED) is 0.863. The van der Waals surface area contributed by atoms with Crippen molar-refractivity contribution in [3.05, 3.63) is 23.6 Å². The van der Waals surface area contributed by atoms with E-state index in [0.29, 0.717) is 12.3 Å². The number of carbonyl (C=O) groups excluding carboxylic acids is 1. The van der Waals surface area contributed by atoms with Gasteiger partial charge in [-0.15, -0.1) is 0 Å². The van der Waals surface area contributed by atoms with Gasteiger partial charge in [-0.3, -0.25) is 4.79 Å². The number of halogens is 5. The zero-order valence-electron chi connectivity index (χ0n) is 12.4. The van der Waals surface area contributed by atoms with E-state index >= 15 is 0 Å². The van der Waals surface area contributed by atoms with Gasteiger partial charge in [-0.1, -0.05) is 0 Å². The van der Waals surface area contributed by atoms with Crippen LogP contribution >= 0.6 is 0 Å². The highest BCUT2D eigenvalue weighted by atomic mass is 19.4. The summed E-state index contributed by atoms with van der Waals surface area (Å²) in [5, 5.41) is 2.40. The van der Waals surface area contributed by atoms with E-state index in [1.165, 1.54) is 11.8 Å². The number of alkyl halides is 4. The summed E-state index contributed by atoms with van der Waals surface area (Å²) in [5.41, 5.74) is -2.77. The van der Waals surface area contributed by atoms with Crippen LogP contribution in [0.1, 0.15) is 25.3 Å². The first-order valence-electron chi connectivity index (χ1n) is 7.02. The predicted octanol–water partition coefficient (Wildman–Crippen LogP) is 2.68. The van der Waals surface area contributed by atoms with Crippen molar-refractivity contribution in [1.29, 1.82) is 0 Å². The van der Waals surface area contributed by atoms with E-state index in [0.717, 1.165) is 0 Å². The Balaban J connectivity index is 2.04. The van der Waals surface area contributed by atoms with Crippen LogP contribution in [-0.2, 0) is 11.0 Å². The van der Waals surface area contributed by atoms with E-state index in [2.05, 4.69) is 10.3 Å². The lowest BCUT2D eigenvalue weighted by atomic mass is 9.93. The van der Waals surface area contributed by atoms with Gasteiger partial charge in [0, 0.05) is 39.1 Å². The molecule has 0 aliphatic carbocycles. The second-order valence-electron chi connectivity index (χ2n) is 5.57. The molecule has 0 aromatic carbocycles. The zero-order chi connectivity index (χ0) is 17.3. The number of hydrogen-bond acceptors (Lipinski definition) is 3. The Morgan fingerprint density at radius 2 is 2.00 bits per heavy atom. The molecule has 23 heavy (non-hydrogen) atoms. The fourth-order valence-corrected chi connectivity index (χ4v) is 2.40. The fraction of sp³-hybridized carbons (Fsp3) is 0.571. The molecule has 2 rings (SSSR count). The number of amides is 1. The number of carbonyl (C=O) groups is 1. The molecular weight excluding hydrogens is 321 g/mol. The van der Waals surface area contributed by atoms with Crippen molar-refractivity contribution in [2.45, 2.75) is 31.6 Å². The number of aromatic nitrogens is 1. The van der Waals surface area contributed by atoms with Crippen LogP contribution in [0.5, 0.6) is 0 Å². The second-order valence-corrected chi connectivity index (χ2v) is 5.57. The summed E-state index contributed by atoms with van der Waals surface area (Å²) in [6, 6.07) is 0.386. The maximum atomic E-state index is 14.4. The largest absolute Gasteiger partial charge is 0.417 e. The summed E-state index contributed by atoms with van der Waals surface area (Å²) in [7, 11) is 0. The van der Waals surface area contributed by atoms with Gasteiger partial charge in [-0.05, 0) is 6.07 Å². The van der Waals surface area contributed by atoms with Gasteiger partial charge >= 0.3 is 6.18 Å². The molecule has 0 unspecified atom stereocenters. The summed E-state index contributed by atoms with van der Waals surface area (Å²) in [4.78, 5) is 15.8. The molecule has 1 aromatic rings.